The number of nitrogens with zero attached hydrogens (tertiary/aromatic N) is 3. The predicted octanol–water partition coefficient (Wildman–Crippen LogP) is 1.80. The molecule has 2 unspecified atom stereocenters. The van der Waals surface area contributed by atoms with Gasteiger partial charge in [0.2, 0.25) is 5.95 Å². The van der Waals surface area contributed by atoms with Crippen molar-refractivity contribution < 1.29 is 0 Å². The predicted molar refractivity (Wildman–Crippen MR) is 62.0 cm³/mol. The number of aromatic nitrogens is 2. The van der Waals surface area contributed by atoms with Crippen LogP contribution >= 0.6 is 11.6 Å². The summed E-state index contributed by atoms with van der Waals surface area (Å²) in [4.78, 5) is 10.2. The molecule has 2 heterocycles. The van der Waals surface area contributed by atoms with Crippen LogP contribution in [0.4, 0.5) is 11.8 Å². The number of rotatable bonds is 1. The normalized spacial score (nSPS) is 25.9. The van der Waals surface area contributed by atoms with Crippen molar-refractivity contribution in [2.75, 3.05) is 23.7 Å². The van der Waals surface area contributed by atoms with E-state index in [1.165, 1.54) is 0 Å². The van der Waals surface area contributed by atoms with E-state index in [-0.39, 0.29) is 5.95 Å². The molecule has 82 valence electrons. The minimum atomic E-state index is 0.240. The number of anilines is 2. The lowest BCUT2D eigenvalue weighted by Crippen LogP contribution is -2.21. The van der Waals surface area contributed by atoms with Crippen LogP contribution in [-0.4, -0.2) is 23.1 Å². The number of hydrogen-bond donors (Lipinski definition) is 1. The Balaban J connectivity index is 2.23. The van der Waals surface area contributed by atoms with Gasteiger partial charge >= 0.3 is 0 Å². The highest BCUT2D eigenvalue weighted by Gasteiger charge is 2.27. The Hall–Kier alpha value is -1.03. The van der Waals surface area contributed by atoms with Gasteiger partial charge in [-0.05, 0) is 11.8 Å². The number of hydrogen-bond acceptors (Lipinski definition) is 4. The first-order valence-electron chi connectivity index (χ1n) is 5.11. The fourth-order valence-electron chi connectivity index (χ4n) is 1.90. The zero-order chi connectivity index (χ0) is 11.0. The molecule has 1 aromatic rings. The average molecular weight is 227 g/mol. The molecule has 0 spiro atoms. The Morgan fingerprint density at radius 3 is 2.47 bits per heavy atom. The molecule has 0 aliphatic carbocycles. The van der Waals surface area contributed by atoms with Crippen molar-refractivity contribution in [3.63, 3.8) is 0 Å². The van der Waals surface area contributed by atoms with Gasteiger partial charge in [0.15, 0.2) is 0 Å². The van der Waals surface area contributed by atoms with E-state index in [4.69, 9.17) is 17.3 Å². The maximum Gasteiger partial charge on any atom is 0.223 e. The first-order chi connectivity index (χ1) is 7.06. The van der Waals surface area contributed by atoms with E-state index in [1.54, 1.807) is 6.07 Å². The van der Waals surface area contributed by atoms with Crippen LogP contribution < -0.4 is 10.6 Å². The molecule has 15 heavy (non-hydrogen) atoms. The van der Waals surface area contributed by atoms with E-state index in [1.807, 2.05) is 0 Å². The number of halogens is 1. The van der Waals surface area contributed by atoms with Crippen molar-refractivity contribution in [1.82, 2.24) is 9.97 Å². The molecule has 1 saturated heterocycles. The third-order valence-electron chi connectivity index (χ3n) is 3.01. The molecule has 0 radical (unpaired) electrons. The first kappa shape index (κ1) is 10.5. The Morgan fingerprint density at radius 2 is 1.93 bits per heavy atom. The van der Waals surface area contributed by atoms with E-state index >= 15 is 0 Å². The molecule has 0 bridgehead atoms. The largest absolute Gasteiger partial charge is 0.368 e. The minimum Gasteiger partial charge on any atom is -0.368 e. The van der Waals surface area contributed by atoms with Gasteiger partial charge in [-0.15, -0.1) is 0 Å². The zero-order valence-electron chi connectivity index (χ0n) is 8.94. The molecule has 0 aromatic carbocycles. The summed E-state index contributed by atoms with van der Waals surface area (Å²) in [6, 6.07) is 1.77. The van der Waals surface area contributed by atoms with Gasteiger partial charge < -0.3 is 10.6 Å². The second-order valence-electron chi connectivity index (χ2n) is 4.27. The summed E-state index contributed by atoms with van der Waals surface area (Å²) >= 11 is 5.84. The molecule has 4 nitrogen and oxygen atoms in total. The lowest BCUT2D eigenvalue weighted by molar-refractivity contribution is 0.494. The van der Waals surface area contributed by atoms with Crippen LogP contribution in [0, 0.1) is 11.8 Å². The van der Waals surface area contributed by atoms with Crippen molar-refractivity contribution in [2.45, 2.75) is 13.8 Å². The third-order valence-corrected chi connectivity index (χ3v) is 3.20. The van der Waals surface area contributed by atoms with Gasteiger partial charge in [-0.2, -0.15) is 4.98 Å². The summed E-state index contributed by atoms with van der Waals surface area (Å²) in [7, 11) is 0. The van der Waals surface area contributed by atoms with Crippen molar-refractivity contribution in [3.8, 4) is 0 Å². The fourth-order valence-corrected chi connectivity index (χ4v) is 2.09. The van der Waals surface area contributed by atoms with Crippen molar-refractivity contribution in [1.29, 1.82) is 0 Å². The van der Waals surface area contributed by atoms with Gasteiger partial charge in [0, 0.05) is 19.2 Å². The van der Waals surface area contributed by atoms with Crippen molar-refractivity contribution in [3.05, 3.63) is 11.2 Å². The smallest absolute Gasteiger partial charge is 0.223 e. The van der Waals surface area contributed by atoms with Crippen LogP contribution in [-0.2, 0) is 0 Å². The van der Waals surface area contributed by atoms with E-state index in [0.29, 0.717) is 17.0 Å². The molecular formula is C10H15ClN4. The minimum absolute atomic E-state index is 0.240. The zero-order valence-corrected chi connectivity index (χ0v) is 9.70. The fraction of sp³-hybridized carbons (Fsp3) is 0.600. The summed E-state index contributed by atoms with van der Waals surface area (Å²) < 4.78 is 0. The molecule has 5 heteroatoms. The monoisotopic (exact) mass is 226 g/mol. The summed E-state index contributed by atoms with van der Waals surface area (Å²) in [6.07, 6.45) is 0. The molecule has 0 amide bonds. The SMILES string of the molecule is CC1CN(c2cc(Cl)nc(N)n2)CC1C. The molecule has 0 saturated carbocycles. The summed E-state index contributed by atoms with van der Waals surface area (Å²) in [6.45, 7) is 6.51. The van der Waals surface area contributed by atoms with Crippen LogP contribution in [0.15, 0.2) is 6.07 Å². The van der Waals surface area contributed by atoms with Gasteiger partial charge in [0.05, 0.1) is 0 Å². The average Bonchev–Trinajstić information content (AvgIpc) is 2.45. The molecule has 2 N–H and O–H groups in total. The Kier molecular flexibility index (Phi) is 2.69. The second-order valence-corrected chi connectivity index (χ2v) is 4.65. The van der Waals surface area contributed by atoms with E-state index in [0.717, 1.165) is 18.9 Å². The first-order valence-corrected chi connectivity index (χ1v) is 5.49. The van der Waals surface area contributed by atoms with Crippen LogP contribution in [0.3, 0.4) is 0 Å². The van der Waals surface area contributed by atoms with Gasteiger partial charge in [-0.3, -0.25) is 0 Å². The van der Waals surface area contributed by atoms with E-state index < -0.39 is 0 Å². The second kappa shape index (κ2) is 3.85. The van der Waals surface area contributed by atoms with E-state index in [2.05, 4.69) is 28.7 Å². The lowest BCUT2D eigenvalue weighted by atomic mass is 10.0. The van der Waals surface area contributed by atoms with Gasteiger partial charge in [-0.1, -0.05) is 25.4 Å². The molecule has 2 rings (SSSR count). The quantitative estimate of drug-likeness (QED) is 0.742. The van der Waals surface area contributed by atoms with Crippen molar-refractivity contribution >= 4 is 23.4 Å². The number of nitrogens with two attached hydrogens (primary N) is 1. The molecule has 1 fully saturated rings. The summed E-state index contributed by atoms with van der Waals surface area (Å²) in [5, 5.41) is 0.407. The maximum absolute atomic E-state index is 5.84. The Bertz CT molecular complexity index is 338. The molecule has 2 atom stereocenters. The van der Waals surface area contributed by atoms with Crippen LogP contribution in [0.2, 0.25) is 5.15 Å². The highest BCUT2D eigenvalue weighted by Crippen LogP contribution is 2.27. The summed E-state index contributed by atoms with van der Waals surface area (Å²) in [5.41, 5.74) is 5.56. The Morgan fingerprint density at radius 1 is 1.33 bits per heavy atom. The van der Waals surface area contributed by atoms with Crippen LogP contribution in [0.1, 0.15) is 13.8 Å². The molecule has 1 aliphatic heterocycles. The maximum atomic E-state index is 5.84. The van der Waals surface area contributed by atoms with E-state index in [9.17, 15) is 0 Å². The molecule has 1 aliphatic rings. The molecular weight excluding hydrogens is 212 g/mol. The highest BCUT2D eigenvalue weighted by atomic mass is 35.5. The topological polar surface area (TPSA) is 55.0 Å². The van der Waals surface area contributed by atoms with Gasteiger partial charge in [0.25, 0.3) is 0 Å². The Labute approximate surface area is 94.5 Å². The van der Waals surface area contributed by atoms with Crippen molar-refractivity contribution in [2.24, 2.45) is 11.8 Å². The van der Waals surface area contributed by atoms with Gasteiger partial charge in [0.1, 0.15) is 11.0 Å². The van der Waals surface area contributed by atoms with Crippen LogP contribution in [0.5, 0.6) is 0 Å². The molecule has 1 aromatic heterocycles. The third kappa shape index (κ3) is 2.15. The van der Waals surface area contributed by atoms with Gasteiger partial charge in [-0.25, -0.2) is 4.98 Å². The lowest BCUT2D eigenvalue weighted by Gasteiger charge is -2.17. The summed E-state index contributed by atoms with van der Waals surface area (Å²) in [5.74, 6) is 2.44. The number of nitrogen functional groups attached to an aromatic ring is 1. The van der Waals surface area contributed by atoms with Crippen LogP contribution in [0.25, 0.3) is 0 Å². The standard InChI is InChI=1S/C10H15ClN4/c1-6-4-15(5-7(6)2)9-3-8(11)13-10(12)14-9/h3,6-7H,4-5H2,1-2H3,(H2,12,13,14). The highest BCUT2D eigenvalue weighted by molar-refractivity contribution is 6.29.